The maximum atomic E-state index is 8.24. The molecule has 40 heavy (non-hydrogen) atoms. The van der Waals surface area contributed by atoms with Gasteiger partial charge >= 0.3 is 0 Å². The van der Waals surface area contributed by atoms with Crippen molar-refractivity contribution in [2.24, 2.45) is 17.8 Å². The molecular weight excluding hydrogens is 508 g/mol. The van der Waals surface area contributed by atoms with Crippen LogP contribution in [0.4, 0.5) is 5.69 Å². The van der Waals surface area contributed by atoms with Gasteiger partial charge in [-0.05, 0) is 119 Å². The van der Waals surface area contributed by atoms with Crippen molar-refractivity contribution in [1.29, 1.82) is 0 Å². The van der Waals surface area contributed by atoms with Crippen molar-refractivity contribution in [3.63, 3.8) is 0 Å². The molecule has 0 saturated heterocycles. The first kappa shape index (κ1) is 22.2. The summed E-state index contributed by atoms with van der Waals surface area (Å²) in [5, 5.41) is 3.37. The quantitative estimate of drug-likeness (QED) is 0.201. The SMILES string of the molecule is [C-]#[N+]c1cc2[nH]c3c(Cl)cc(C45CC6CC(CC(C6)C4)C5)cc3c2c2c1C1c3ccccc3C2c2ccccc21. The monoisotopic (exact) mass is 536 g/mol. The summed E-state index contributed by atoms with van der Waals surface area (Å²) in [6, 6.07) is 24.8. The van der Waals surface area contributed by atoms with E-state index >= 15 is 0 Å². The van der Waals surface area contributed by atoms with Crippen LogP contribution in [0.3, 0.4) is 0 Å². The van der Waals surface area contributed by atoms with Crippen LogP contribution in [-0.4, -0.2) is 4.98 Å². The van der Waals surface area contributed by atoms with Gasteiger partial charge in [0.1, 0.15) is 0 Å². The van der Waals surface area contributed by atoms with Crippen LogP contribution in [0.1, 0.15) is 89.3 Å². The minimum Gasteiger partial charge on any atom is -0.354 e. The molecule has 1 heterocycles. The number of aromatic nitrogens is 1. The molecule has 4 aromatic carbocycles. The van der Waals surface area contributed by atoms with Crippen molar-refractivity contribution in [1.82, 2.24) is 4.98 Å². The Morgan fingerprint density at radius 1 is 0.750 bits per heavy atom. The second-order valence-electron chi connectivity index (χ2n) is 13.6. The second-order valence-corrected chi connectivity index (χ2v) is 14.0. The molecule has 0 atom stereocenters. The number of aromatic amines is 1. The van der Waals surface area contributed by atoms with Gasteiger partial charge in [-0.25, -0.2) is 4.85 Å². The van der Waals surface area contributed by atoms with E-state index in [-0.39, 0.29) is 17.3 Å². The lowest BCUT2D eigenvalue weighted by Gasteiger charge is -2.57. The Balaban J connectivity index is 1.30. The summed E-state index contributed by atoms with van der Waals surface area (Å²) in [5.74, 6) is 2.88. The van der Waals surface area contributed by atoms with E-state index in [2.05, 4.69) is 76.6 Å². The zero-order valence-corrected chi connectivity index (χ0v) is 23.1. The van der Waals surface area contributed by atoms with Gasteiger partial charge in [0.15, 0.2) is 5.69 Å². The molecule has 6 bridgehead atoms. The Hall–Kier alpha value is -3.54. The number of H-pyrrole nitrogens is 1. The lowest BCUT2D eigenvalue weighted by molar-refractivity contribution is -0.00512. The highest BCUT2D eigenvalue weighted by atomic mass is 35.5. The molecule has 1 N–H and O–H groups in total. The topological polar surface area (TPSA) is 20.1 Å². The minimum atomic E-state index is 0.0904. The van der Waals surface area contributed by atoms with E-state index in [9.17, 15) is 0 Å². The van der Waals surface area contributed by atoms with Crippen LogP contribution in [0.15, 0.2) is 66.7 Å². The van der Waals surface area contributed by atoms with Crippen LogP contribution < -0.4 is 0 Å². The number of rotatable bonds is 1. The molecule has 2 nitrogen and oxygen atoms in total. The number of halogens is 1. The van der Waals surface area contributed by atoms with Gasteiger partial charge < -0.3 is 4.98 Å². The van der Waals surface area contributed by atoms with Crippen LogP contribution >= 0.6 is 11.6 Å². The summed E-state index contributed by atoms with van der Waals surface area (Å²) in [5.41, 5.74) is 12.6. The number of hydrogen-bond donors (Lipinski definition) is 1. The molecule has 0 aliphatic heterocycles. The first-order chi connectivity index (χ1) is 19.6. The van der Waals surface area contributed by atoms with E-state index < -0.39 is 0 Å². The summed E-state index contributed by atoms with van der Waals surface area (Å²) in [6.45, 7) is 8.24. The fraction of sp³-hybridized carbons (Fsp3) is 0.324. The molecule has 0 amide bonds. The van der Waals surface area contributed by atoms with Gasteiger partial charge in [0.2, 0.25) is 0 Å². The number of hydrogen-bond acceptors (Lipinski definition) is 0. The van der Waals surface area contributed by atoms with Crippen LogP contribution in [0.5, 0.6) is 0 Å². The maximum absolute atomic E-state index is 8.24. The van der Waals surface area contributed by atoms with Crippen molar-refractivity contribution in [2.45, 2.75) is 55.8 Å². The van der Waals surface area contributed by atoms with Gasteiger partial charge in [0, 0.05) is 28.1 Å². The molecular formula is C37H29ClN2. The molecule has 0 unspecified atom stereocenters. The smallest absolute Gasteiger partial charge is 0.193 e. The normalized spacial score (nSPS) is 30.4. The third-order valence-electron chi connectivity index (χ3n) is 11.6. The van der Waals surface area contributed by atoms with Gasteiger partial charge in [-0.3, -0.25) is 0 Å². The van der Waals surface area contributed by atoms with E-state index in [0.29, 0.717) is 0 Å². The van der Waals surface area contributed by atoms with Crippen molar-refractivity contribution < 1.29 is 0 Å². The Labute approximate surface area is 239 Å². The fourth-order valence-electron chi connectivity index (χ4n) is 10.7. The van der Waals surface area contributed by atoms with Crippen molar-refractivity contribution >= 4 is 39.1 Å². The summed E-state index contributed by atoms with van der Waals surface area (Å²) in [6.07, 6.45) is 8.31. The first-order valence-corrected chi connectivity index (χ1v) is 15.4. The van der Waals surface area contributed by atoms with Crippen LogP contribution in [-0.2, 0) is 5.41 Å². The van der Waals surface area contributed by atoms with E-state index in [0.717, 1.165) is 39.5 Å². The lowest BCUT2D eigenvalue weighted by Crippen LogP contribution is -2.48. The molecule has 3 heteroatoms. The molecule has 0 spiro atoms. The average molecular weight is 537 g/mol. The molecule has 12 rings (SSSR count). The highest BCUT2D eigenvalue weighted by Gasteiger charge is 2.52. The van der Waals surface area contributed by atoms with E-state index in [1.54, 1.807) is 0 Å². The van der Waals surface area contributed by atoms with Gasteiger partial charge in [0.25, 0.3) is 0 Å². The molecule has 4 saturated carbocycles. The Morgan fingerprint density at radius 3 is 1.85 bits per heavy atom. The van der Waals surface area contributed by atoms with Gasteiger partial charge in [-0.2, -0.15) is 0 Å². The first-order valence-electron chi connectivity index (χ1n) is 15.0. The number of nitrogens with zero attached hydrogens (tertiary/aromatic N) is 1. The van der Waals surface area contributed by atoms with Crippen molar-refractivity contribution in [2.75, 3.05) is 0 Å². The molecule has 0 radical (unpaired) electrons. The number of fused-ring (bicyclic) bond motifs is 3. The molecule has 194 valence electrons. The predicted molar refractivity (Wildman–Crippen MR) is 162 cm³/mol. The number of nitrogens with one attached hydrogen (secondary N) is 1. The lowest BCUT2D eigenvalue weighted by atomic mass is 9.48. The van der Waals surface area contributed by atoms with Crippen molar-refractivity contribution in [3.05, 3.63) is 122 Å². The standard InChI is InChI=1S/C37H29ClN2/c1-39-29-15-30-33(35-32-25-8-4-2-6-23(25)31(34(29)35)24-7-3-5-9-26(24)32)27-13-22(14-28(38)36(27)40-30)37-16-19-10-20(17-37)12-21(11-19)18-37/h2-9,13-15,19-21,31-32,40H,10-12,16-18H2. The fourth-order valence-corrected chi connectivity index (χ4v) is 10.9. The Bertz CT molecular complexity index is 1900. The van der Waals surface area contributed by atoms with Crippen LogP contribution in [0.2, 0.25) is 5.02 Å². The van der Waals surface area contributed by atoms with Gasteiger partial charge in [-0.15, -0.1) is 0 Å². The minimum absolute atomic E-state index is 0.0904. The largest absolute Gasteiger partial charge is 0.354 e. The summed E-state index contributed by atoms with van der Waals surface area (Å²) < 4.78 is 0. The summed E-state index contributed by atoms with van der Waals surface area (Å²) in [4.78, 5) is 7.84. The summed E-state index contributed by atoms with van der Waals surface area (Å²) >= 11 is 7.18. The highest BCUT2D eigenvalue weighted by molar-refractivity contribution is 6.36. The maximum Gasteiger partial charge on any atom is 0.193 e. The number of benzene rings is 4. The average Bonchev–Trinajstić information content (AvgIpc) is 3.35. The Kier molecular flexibility index (Phi) is 4.10. The van der Waals surface area contributed by atoms with E-state index in [4.69, 9.17) is 18.2 Å². The zero-order chi connectivity index (χ0) is 26.3. The molecule has 5 aromatic rings. The second kappa shape index (κ2) is 7.39. The third-order valence-corrected chi connectivity index (χ3v) is 11.9. The third kappa shape index (κ3) is 2.62. The van der Waals surface area contributed by atoms with Crippen molar-refractivity contribution in [3.8, 4) is 0 Å². The van der Waals surface area contributed by atoms with Crippen LogP contribution in [0.25, 0.3) is 26.7 Å². The molecule has 1 aromatic heterocycles. The molecule has 4 fully saturated rings. The predicted octanol–water partition coefficient (Wildman–Crippen LogP) is 9.98. The molecule has 7 aliphatic rings. The van der Waals surface area contributed by atoms with Crippen LogP contribution in [0, 0.1) is 24.3 Å². The van der Waals surface area contributed by atoms with E-state index in [1.165, 1.54) is 88.2 Å². The highest BCUT2D eigenvalue weighted by Crippen LogP contribution is 2.63. The summed E-state index contributed by atoms with van der Waals surface area (Å²) in [7, 11) is 0. The van der Waals surface area contributed by atoms with Gasteiger partial charge in [-0.1, -0.05) is 60.1 Å². The zero-order valence-electron chi connectivity index (χ0n) is 22.3. The molecule has 7 aliphatic carbocycles. The van der Waals surface area contributed by atoms with E-state index in [1.807, 2.05) is 0 Å². The Morgan fingerprint density at radius 2 is 1.30 bits per heavy atom. The van der Waals surface area contributed by atoms with Gasteiger partial charge in [0.05, 0.1) is 17.1 Å².